The fourth-order valence-corrected chi connectivity index (χ4v) is 5.42. The molecule has 2 aliphatic heterocycles. The third-order valence-electron chi connectivity index (χ3n) is 6.98. The largest absolute Gasteiger partial charge is 0.374 e. The number of aryl methyl sites for hydroxylation is 1. The first-order chi connectivity index (χ1) is 12.8. The van der Waals surface area contributed by atoms with Gasteiger partial charge >= 0.3 is 0 Å². The Balaban J connectivity index is 1.18. The van der Waals surface area contributed by atoms with E-state index < -0.39 is 0 Å². The minimum Gasteiger partial charge on any atom is -0.374 e. The number of nitrogens with zero attached hydrogens (tertiary/aromatic N) is 1. The number of hydrogen-bond acceptors (Lipinski definition) is 2. The highest BCUT2D eigenvalue weighted by Crippen LogP contribution is 2.43. The number of likely N-dealkylation sites (tertiary alicyclic amines) is 1. The van der Waals surface area contributed by atoms with E-state index in [9.17, 15) is 0 Å². The molecule has 1 spiro atoms. The van der Waals surface area contributed by atoms with E-state index in [1.165, 1.54) is 57.3 Å². The van der Waals surface area contributed by atoms with Gasteiger partial charge in [-0.3, -0.25) is 0 Å². The summed E-state index contributed by atoms with van der Waals surface area (Å²) in [7, 11) is 0. The quantitative estimate of drug-likeness (QED) is 0.794. The lowest BCUT2D eigenvalue weighted by atomic mass is 9.83. The lowest BCUT2D eigenvalue weighted by Gasteiger charge is -2.39. The summed E-state index contributed by atoms with van der Waals surface area (Å²) in [5.74, 6) is 1.33. The Hall–Kier alpha value is -1.64. The van der Waals surface area contributed by atoms with Gasteiger partial charge in [0.05, 0.1) is 12.2 Å². The van der Waals surface area contributed by atoms with Crippen molar-refractivity contribution in [3.05, 3.63) is 71.3 Å². The van der Waals surface area contributed by atoms with Crippen LogP contribution in [-0.4, -0.2) is 36.7 Å². The molecule has 2 atom stereocenters. The van der Waals surface area contributed by atoms with E-state index in [0.29, 0.717) is 5.92 Å². The standard InChI is InChI=1S/C24H29NO/c1-2-6-19(7-3-1)22-16-24(26-18-22)12-14-25(15-13-24)17-21-11-10-20-8-4-5-9-23(20)21/h1-9,21-22H,10-18H2/t21-,22+/m1/s1. The van der Waals surface area contributed by atoms with Gasteiger partial charge in [-0.05, 0) is 54.7 Å². The molecule has 0 bridgehead atoms. The summed E-state index contributed by atoms with van der Waals surface area (Å²) in [5, 5.41) is 0. The number of rotatable bonds is 3. The summed E-state index contributed by atoms with van der Waals surface area (Å²) < 4.78 is 6.40. The van der Waals surface area contributed by atoms with Crippen LogP contribution in [0.5, 0.6) is 0 Å². The molecule has 26 heavy (non-hydrogen) atoms. The molecular formula is C24H29NO. The van der Waals surface area contributed by atoms with Crippen LogP contribution in [0.15, 0.2) is 54.6 Å². The molecule has 2 nitrogen and oxygen atoms in total. The van der Waals surface area contributed by atoms with Crippen molar-refractivity contribution in [3.8, 4) is 0 Å². The third kappa shape index (κ3) is 3.10. The molecule has 3 aliphatic rings. The van der Waals surface area contributed by atoms with Crippen LogP contribution in [0, 0.1) is 0 Å². The first-order valence-corrected chi connectivity index (χ1v) is 10.3. The van der Waals surface area contributed by atoms with Crippen LogP contribution >= 0.6 is 0 Å². The minimum atomic E-state index is 0.143. The summed E-state index contributed by atoms with van der Waals surface area (Å²) in [6, 6.07) is 20.0. The molecule has 2 aromatic carbocycles. The van der Waals surface area contributed by atoms with Crippen LogP contribution in [0.2, 0.25) is 0 Å². The Morgan fingerprint density at radius 2 is 1.73 bits per heavy atom. The van der Waals surface area contributed by atoms with Crippen molar-refractivity contribution in [2.75, 3.05) is 26.2 Å². The normalized spacial score (nSPS) is 27.7. The monoisotopic (exact) mass is 347 g/mol. The number of ether oxygens (including phenoxy) is 1. The molecule has 0 amide bonds. The highest BCUT2D eigenvalue weighted by Gasteiger charge is 2.43. The molecule has 0 N–H and O–H groups in total. The lowest BCUT2D eigenvalue weighted by molar-refractivity contribution is -0.0442. The first-order valence-electron chi connectivity index (χ1n) is 10.3. The molecule has 0 unspecified atom stereocenters. The predicted octanol–water partition coefficient (Wildman–Crippen LogP) is 4.76. The summed E-state index contributed by atoms with van der Waals surface area (Å²) in [6.07, 6.45) is 6.20. The Morgan fingerprint density at radius 3 is 2.58 bits per heavy atom. The van der Waals surface area contributed by atoms with Crippen LogP contribution in [0.1, 0.15) is 54.2 Å². The Kier molecular flexibility index (Phi) is 4.34. The molecule has 0 aromatic heterocycles. The second-order valence-electron chi connectivity index (χ2n) is 8.54. The zero-order valence-corrected chi connectivity index (χ0v) is 15.6. The van der Waals surface area contributed by atoms with Crippen molar-refractivity contribution in [2.45, 2.75) is 49.5 Å². The molecule has 2 fully saturated rings. The molecule has 2 heteroatoms. The minimum absolute atomic E-state index is 0.143. The molecule has 0 saturated carbocycles. The number of hydrogen-bond donors (Lipinski definition) is 0. The average molecular weight is 348 g/mol. The number of fused-ring (bicyclic) bond motifs is 1. The van der Waals surface area contributed by atoms with Gasteiger partial charge in [0, 0.05) is 25.6 Å². The first kappa shape index (κ1) is 16.5. The van der Waals surface area contributed by atoms with E-state index in [1.807, 2.05) is 0 Å². The fourth-order valence-electron chi connectivity index (χ4n) is 5.42. The molecule has 2 aromatic rings. The molecule has 0 radical (unpaired) electrons. The van der Waals surface area contributed by atoms with Gasteiger partial charge < -0.3 is 9.64 Å². The fraction of sp³-hybridized carbons (Fsp3) is 0.500. The van der Waals surface area contributed by atoms with Crippen molar-refractivity contribution >= 4 is 0 Å². The van der Waals surface area contributed by atoms with Gasteiger partial charge in [-0.1, -0.05) is 54.6 Å². The van der Waals surface area contributed by atoms with E-state index in [-0.39, 0.29) is 5.60 Å². The second-order valence-corrected chi connectivity index (χ2v) is 8.54. The summed E-state index contributed by atoms with van der Waals surface area (Å²) >= 11 is 0. The van der Waals surface area contributed by atoms with Crippen molar-refractivity contribution in [3.63, 3.8) is 0 Å². The van der Waals surface area contributed by atoms with E-state index >= 15 is 0 Å². The molecular weight excluding hydrogens is 318 g/mol. The van der Waals surface area contributed by atoms with Gasteiger partial charge in [-0.25, -0.2) is 0 Å². The van der Waals surface area contributed by atoms with Gasteiger partial charge in [0.25, 0.3) is 0 Å². The molecule has 5 rings (SSSR count). The SMILES string of the molecule is c1ccc([C@@H]2COC3(CCN(C[C@H]4CCc5ccccc54)CC3)C2)cc1. The predicted molar refractivity (Wildman–Crippen MR) is 106 cm³/mol. The molecule has 136 valence electrons. The summed E-state index contributed by atoms with van der Waals surface area (Å²) in [4.78, 5) is 2.69. The summed E-state index contributed by atoms with van der Waals surface area (Å²) in [5.41, 5.74) is 4.78. The number of benzene rings is 2. The maximum Gasteiger partial charge on any atom is 0.0713 e. The van der Waals surface area contributed by atoms with Gasteiger partial charge in [0.2, 0.25) is 0 Å². The van der Waals surface area contributed by atoms with Crippen LogP contribution in [0.25, 0.3) is 0 Å². The van der Waals surface area contributed by atoms with Crippen molar-refractivity contribution in [1.29, 1.82) is 0 Å². The van der Waals surface area contributed by atoms with Crippen molar-refractivity contribution in [2.24, 2.45) is 0 Å². The average Bonchev–Trinajstić information content (AvgIpc) is 3.30. The van der Waals surface area contributed by atoms with E-state index in [1.54, 1.807) is 11.1 Å². The zero-order chi connectivity index (χ0) is 17.4. The molecule has 1 aliphatic carbocycles. The Bertz CT molecular complexity index is 748. The van der Waals surface area contributed by atoms with Crippen LogP contribution in [0.4, 0.5) is 0 Å². The van der Waals surface area contributed by atoms with Gasteiger partial charge in [-0.15, -0.1) is 0 Å². The Labute approximate surface area is 157 Å². The zero-order valence-electron chi connectivity index (χ0n) is 15.6. The van der Waals surface area contributed by atoms with Crippen LogP contribution in [0.3, 0.4) is 0 Å². The molecule has 2 saturated heterocycles. The maximum atomic E-state index is 6.40. The number of piperidine rings is 1. The van der Waals surface area contributed by atoms with Crippen LogP contribution < -0.4 is 0 Å². The van der Waals surface area contributed by atoms with E-state index in [2.05, 4.69) is 59.5 Å². The van der Waals surface area contributed by atoms with Gasteiger partial charge in [0.1, 0.15) is 0 Å². The third-order valence-corrected chi connectivity index (χ3v) is 6.98. The van der Waals surface area contributed by atoms with Gasteiger partial charge in [-0.2, -0.15) is 0 Å². The van der Waals surface area contributed by atoms with Gasteiger partial charge in [0.15, 0.2) is 0 Å². The van der Waals surface area contributed by atoms with E-state index in [0.717, 1.165) is 12.5 Å². The topological polar surface area (TPSA) is 12.5 Å². The Morgan fingerprint density at radius 1 is 0.962 bits per heavy atom. The highest BCUT2D eigenvalue weighted by atomic mass is 16.5. The molecule has 2 heterocycles. The van der Waals surface area contributed by atoms with Crippen LogP contribution in [-0.2, 0) is 11.2 Å². The lowest BCUT2D eigenvalue weighted by Crippen LogP contribution is -2.45. The van der Waals surface area contributed by atoms with Crippen molar-refractivity contribution in [1.82, 2.24) is 4.90 Å². The summed E-state index contributed by atoms with van der Waals surface area (Å²) in [6.45, 7) is 4.52. The second kappa shape index (κ2) is 6.83. The van der Waals surface area contributed by atoms with Crippen molar-refractivity contribution < 1.29 is 4.74 Å². The maximum absolute atomic E-state index is 6.40. The van der Waals surface area contributed by atoms with E-state index in [4.69, 9.17) is 4.74 Å². The highest BCUT2D eigenvalue weighted by molar-refractivity contribution is 5.35. The smallest absolute Gasteiger partial charge is 0.0713 e.